The summed E-state index contributed by atoms with van der Waals surface area (Å²) in [4.78, 5) is 26.8. The van der Waals surface area contributed by atoms with Crippen molar-refractivity contribution in [2.24, 2.45) is 0 Å². The molecule has 0 aliphatic carbocycles. The van der Waals surface area contributed by atoms with Crippen LogP contribution in [0, 0.1) is 12.7 Å². The quantitative estimate of drug-likeness (QED) is 0.884. The molecule has 0 radical (unpaired) electrons. The minimum atomic E-state index is -0.628. The molecule has 0 aliphatic rings. The lowest BCUT2D eigenvalue weighted by molar-refractivity contribution is 0.102. The van der Waals surface area contributed by atoms with Gasteiger partial charge in [0.1, 0.15) is 11.6 Å². The molecule has 0 fully saturated rings. The number of carbonyl (C=O) groups excluding carboxylic acids is 2. The topological polar surface area (TPSA) is 59.1 Å². The van der Waals surface area contributed by atoms with Crippen LogP contribution in [-0.4, -0.2) is 16.1 Å². The second kappa shape index (κ2) is 5.79. The van der Waals surface area contributed by atoms with Gasteiger partial charge in [0.2, 0.25) is 0 Å². The Morgan fingerprint density at radius 1 is 1.25 bits per heavy atom. The molecule has 1 heterocycles. The third-order valence-electron chi connectivity index (χ3n) is 2.68. The number of benzene rings is 1. The zero-order valence-electron chi connectivity index (χ0n) is 10.5. The van der Waals surface area contributed by atoms with Crippen LogP contribution in [0.4, 0.5) is 10.2 Å². The van der Waals surface area contributed by atoms with Gasteiger partial charge in [-0.05, 0) is 48.4 Å². The fraction of sp³-hybridized carbons (Fsp3) is 0.0714. The second-order valence-electron chi connectivity index (χ2n) is 4.12. The molecule has 4 nitrogen and oxygen atoms in total. The van der Waals surface area contributed by atoms with Crippen LogP contribution in [0.25, 0.3) is 0 Å². The van der Waals surface area contributed by atoms with Gasteiger partial charge in [-0.1, -0.05) is 6.07 Å². The molecule has 0 atom stereocenters. The minimum absolute atomic E-state index is 0.226. The molecule has 1 aromatic heterocycles. The van der Waals surface area contributed by atoms with Crippen LogP contribution in [0.2, 0.25) is 0 Å². The normalized spacial score (nSPS) is 10.2. The summed E-state index contributed by atoms with van der Waals surface area (Å²) in [5, 5.41) is 1.89. The highest BCUT2D eigenvalue weighted by molar-refractivity contribution is 6.67. The molecule has 0 unspecified atom stereocenters. The zero-order valence-corrected chi connectivity index (χ0v) is 11.2. The van der Waals surface area contributed by atoms with Gasteiger partial charge in [-0.25, -0.2) is 9.37 Å². The molecular weight excluding hydrogens is 283 g/mol. The van der Waals surface area contributed by atoms with Crippen LogP contribution >= 0.6 is 11.6 Å². The number of aryl methyl sites for hydroxylation is 1. The lowest BCUT2D eigenvalue weighted by Gasteiger charge is -2.07. The summed E-state index contributed by atoms with van der Waals surface area (Å²) in [6.07, 6.45) is 1.25. The Balaban J connectivity index is 2.19. The molecule has 1 amide bonds. The molecule has 1 aromatic carbocycles. The van der Waals surface area contributed by atoms with Crippen LogP contribution in [0.15, 0.2) is 36.5 Å². The van der Waals surface area contributed by atoms with E-state index >= 15 is 0 Å². The SMILES string of the molecule is Cc1ccc(F)cc1C(=O)Nc1ccc(C(=O)Cl)cn1. The summed E-state index contributed by atoms with van der Waals surface area (Å²) < 4.78 is 13.1. The number of hydrogen-bond donors (Lipinski definition) is 1. The van der Waals surface area contributed by atoms with Gasteiger partial charge >= 0.3 is 0 Å². The van der Waals surface area contributed by atoms with E-state index in [0.29, 0.717) is 5.56 Å². The first kappa shape index (κ1) is 14.1. The van der Waals surface area contributed by atoms with E-state index in [2.05, 4.69) is 10.3 Å². The van der Waals surface area contributed by atoms with Crippen molar-refractivity contribution in [1.29, 1.82) is 0 Å². The monoisotopic (exact) mass is 292 g/mol. The predicted octanol–water partition coefficient (Wildman–Crippen LogP) is 3.16. The van der Waals surface area contributed by atoms with E-state index in [0.717, 1.165) is 6.07 Å². The maximum absolute atomic E-state index is 13.1. The molecule has 2 aromatic rings. The zero-order chi connectivity index (χ0) is 14.7. The average molecular weight is 293 g/mol. The van der Waals surface area contributed by atoms with Gasteiger partial charge in [-0.15, -0.1) is 0 Å². The van der Waals surface area contributed by atoms with Gasteiger partial charge in [0.05, 0.1) is 5.56 Å². The summed E-state index contributed by atoms with van der Waals surface area (Å²) in [7, 11) is 0. The number of carbonyl (C=O) groups is 2. The molecule has 20 heavy (non-hydrogen) atoms. The number of halogens is 2. The number of nitrogens with zero attached hydrogens (tertiary/aromatic N) is 1. The highest BCUT2D eigenvalue weighted by Crippen LogP contribution is 2.13. The van der Waals surface area contributed by atoms with E-state index in [-0.39, 0.29) is 16.9 Å². The first-order chi connectivity index (χ1) is 9.47. The largest absolute Gasteiger partial charge is 0.307 e. The molecule has 0 spiro atoms. The highest BCUT2D eigenvalue weighted by atomic mass is 35.5. The average Bonchev–Trinajstić information content (AvgIpc) is 2.42. The number of pyridine rings is 1. The Morgan fingerprint density at radius 2 is 2.00 bits per heavy atom. The lowest BCUT2D eigenvalue weighted by Crippen LogP contribution is -2.14. The van der Waals surface area contributed by atoms with Gasteiger partial charge < -0.3 is 5.32 Å². The minimum Gasteiger partial charge on any atom is -0.307 e. The number of nitrogens with one attached hydrogen (secondary N) is 1. The van der Waals surface area contributed by atoms with E-state index in [1.165, 1.54) is 30.5 Å². The number of amides is 1. The Hall–Kier alpha value is -2.27. The molecule has 0 bridgehead atoms. The number of anilines is 1. The van der Waals surface area contributed by atoms with Crippen molar-refractivity contribution in [3.05, 3.63) is 59.0 Å². The number of hydrogen-bond acceptors (Lipinski definition) is 3. The molecule has 102 valence electrons. The van der Waals surface area contributed by atoms with Crippen molar-refractivity contribution in [3.8, 4) is 0 Å². The van der Waals surface area contributed by atoms with Crippen molar-refractivity contribution in [1.82, 2.24) is 4.98 Å². The number of rotatable bonds is 3. The first-order valence-electron chi connectivity index (χ1n) is 5.71. The Labute approximate surface area is 119 Å². The molecule has 2 rings (SSSR count). The van der Waals surface area contributed by atoms with Gasteiger partial charge in [0.15, 0.2) is 0 Å². The van der Waals surface area contributed by atoms with Crippen LogP contribution < -0.4 is 5.32 Å². The summed E-state index contributed by atoms with van der Waals surface area (Å²) in [6, 6.07) is 6.85. The summed E-state index contributed by atoms with van der Waals surface area (Å²) in [6.45, 7) is 1.71. The number of aromatic nitrogens is 1. The van der Waals surface area contributed by atoms with Gasteiger partial charge in [0, 0.05) is 11.8 Å². The lowest BCUT2D eigenvalue weighted by atomic mass is 10.1. The molecule has 0 saturated carbocycles. The van der Waals surface area contributed by atoms with E-state index in [4.69, 9.17) is 11.6 Å². The van der Waals surface area contributed by atoms with Gasteiger partial charge in [-0.2, -0.15) is 0 Å². The van der Waals surface area contributed by atoms with Crippen molar-refractivity contribution in [2.45, 2.75) is 6.92 Å². The Bertz CT molecular complexity index is 671. The van der Waals surface area contributed by atoms with Crippen molar-refractivity contribution >= 4 is 28.6 Å². The fourth-order valence-electron chi connectivity index (χ4n) is 1.61. The van der Waals surface area contributed by atoms with Crippen LogP contribution in [0.5, 0.6) is 0 Å². The van der Waals surface area contributed by atoms with Crippen LogP contribution in [-0.2, 0) is 0 Å². The maximum Gasteiger partial charge on any atom is 0.257 e. The van der Waals surface area contributed by atoms with Gasteiger partial charge in [-0.3, -0.25) is 9.59 Å². The Kier molecular flexibility index (Phi) is 4.10. The Morgan fingerprint density at radius 3 is 2.60 bits per heavy atom. The van der Waals surface area contributed by atoms with Crippen LogP contribution in [0.1, 0.15) is 26.3 Å². The van der Waals surface area contributed by atoms with Crippen LogP contribution in [0.3, 0.4) is 0 Å². The molecular formula is C14H10ClFN2O2. The molecule has 6 heteroatoms. The van der Waals surface area contributed by atoms with E-state index in [9.17, 15) is 14.0 Å². The fourth-order valence-corrected chi connectivity index (χ4v) is 1.72. The third kappa shape index (κ3) is 3.19. The summed E-state index contributed by atoms with van der Waals surface area (Å²) in [5.74, 6) is -0.712. The highest BCUT2D eigenvalue weighted by Gasteiger charge is 2.11. The van der Waals surface area contributed by atoms with Crippen molar-refractivity contribution in [2.75, 3.05) is 5.32 Å². The molecule has 1 N–H and O–H groups in total. The summed E-state index contributed by atoms with van der Waals surface area (Å²) >= 11 is 5.29. The molecule has 0 aliphatic heterocycles. The summed E-state index contributed by atoms with van der Waals surface area (Å²) in [5.41, 5.74) is 1.10. The first-order valence-corrected chi connectivity index (χ1v) is 6.08. The van der Waals surface area contributed by atoms with E-state index < -0.39 is 17.0 Å². The van der Waals surface area contributed by atoms with E-state index in [1.807, 2.05) is 0 Å². The predicted molar refractivity (Wildman–Crippen MR) is 73.5 cm³/mol. The maximum atomic E-state index is 13.1. The van der Waals surface area contributed by atoms with E-state index in [1.54, 1.807) is 6.92 Å². The van der Waals surface area contributed by atoms with Crippen molar-refractivity contribution in [3.63, 3.8) is 0 Å². The smallest absolute Gasteiger partial charge is 0.257 e. The van der Waals surface area contributed by atoms with Crippen molar-refractivity contribution < 1.29 is 14.0 Å². The standard InChI is InChI=1S/C14H10ClFN2O2/c1-8-2-4-10(16)6-11(8)14(20)18-12-5-3-9(7-17-12)13(15)19/h2-7H,1H3,(H,17,18,20). The second-order valence-corrected chi connectivity index (χ2v) is 4.46. The molecule has 0 saturated heterocycles. The third-order valence-corrected chi connectivity index (χ3v) is 2.89. The van der Waals surface area contributed by atoms with Gasteiger partial charge in [0.25, 0.3) is 11.1 Å².